The van der Waals surface area contributed by atoms with Gasteiger partial charge in [-0.1, -0.05) is 0 Å². The molecule has 0 bridgehead atoms. The van der Waals surface area contributed by atoms with Crippen LogP contribution in [-0.2, 0) is 4.79 Å². The van der Waals surface area contributed by atoms with Crippen molar-refractivity contribution in [3.63, 3.8) is 0 Å². The second-order valence-electron chi connectivity index (χ2n) is 5.30. The maximum absolute atomic E-state index is 11.9. The SMILES string of the molecule is Cc1cc([N+](=O)[O-])ccc1NC(=O)COc1ccc([N+](=O)[O-])c(C)c1. The number of nitro benzene ring substituents is 2. The third-order valence-corrected chi connectivity index (χ3v) is 3.43. The van der Waals surface area contributed by atoms with Crippen LogP contribution < -0.4 is 10.1 Å². The van der Waals surface area contributed by atoms with Crippen molar-refractivity contribution in [1.82, 2.24) is 0 Å². The summed E-state index contributed by atoms with van der Waals surface area (Å²) >= 11 is 0. The molecule has 0 unspecified atom stereocenters. The lowest BCUT2D eigenvalue weighted by Crippen LogP contribution is -2.20. The minimum absolute atomic E-state index is 0.0293. The normalized spacial score (nSPS) is 10.2. The van der Waals surface area contributed by atoms with Gasteiger partial charge in [-0.2, -0.15) is 0 Å². The highest BCUT2D eigenvalue weighted by Gasteiger charge is 2.13. The van der Waals surface area contributed by atoms with Crippen LogP contribution in [0.5, 0.6) is 5.75 Å². The lowest BCUT2D eigenvalue weighted by atomic mass is 10.2. The van der Waals surface area contributed by atoms with E-state index in [0.717, 1.165) is 0 Å². The summed E-state index contributed by atoms with van der Waals surface area (Å²) in [6.45, 7) is 2.92. The number of nitrogens with one attached hydrogen (secondary N) is 1. The summed E-state index contributed by atoms with van der Waals surface area (Å²) in [4.78, 5) is 32.4. The minimum Gasteiger partial charge on any atom is -0.484 e. The van der Waals surface area contributed by atoms with E-state index in [0.29, 0.717) is 22.6 Å². The third kappa shape index (κ3) is 4.50. The Balaban J connectivity index is 1.98. The molecule has 25 heavy (non-hydrogen) atoms. The van der Waals surface area contributed by atoms with Gasteiger partial charge in [0.25, 0.3) is 17.3 Å². The summed E-state index contributed by atoms with van der Waals surface area (Å²) in [6.07, 6.45) is 0. The molecular weight excluding hydrogens is 330 g/mol. The maximum atomic E-state index is 11.9. The van der Waals surface area contributed by atoms with E-state index in [2.05, 4.69) is 5.32 Å². The van der Waals surface area contributed by atoms with E-state index in [1.165, 1.54) is 36.4 Å². The molecule has 0 saturated carbocycles. The highest BCUT2D eigenvalue weighted by atomic mass is 16.6. The van der Waals surface area contributed by atoms with Crippen molar-refractivity contribution in [2.45, 2.75) is 13.8 Å². The molecule has 1 N–H and O–H groups in total. The number of hydrogen-bond donors (Lipinski definition) is 1. The molecule has 0 aliphatic rings. The van der Waals surface area contributed by atoms with Crippen molar-refractivity contribution in [2.24, 2.45) is 0 Å². The number of nitrogens with zero attached hydrogens (tertiary/aromatic N) is 2. The Bertz CT molecular complexity index is 850. The van der Waals surface area contributed by atoms with Crippen molar-refractivity contribution in [2.75, 3.05) is 11.9 Å². The number of amides is 1. The van der Waals surface area contributed by atoms with Crippen LogP contribution in [-0.4, -0.2) is 22.4 Å². The lowest BCUT2D eigenvalue weighted by molar-refractivity contribution is -0.385. The average molecular weight is 345 g/mol. The van der Waals surface area contributed by atoms with E-state index in [4.69, 9.17) is 4.74 Å². The summed E-state index contributed by atoms with van der Waals surface area (Å²) in [7, 11) is 0. The van der Waals surface area contributed by atoms with E-state index in [-0.39, 0.29) is 18.0 Å². The van der Waals surface area contributed by atoms with E-state index in [9.17, 15) is 25.0 Å². The van der Waals surface area contributed by atoms with Crippen molar-refractivity contribution in [3.05, 3.63) is 67.8 Å². The second kappa shape index (κ2) is 7.39. The summed E-state index contributed by atoms with van der Waals surface area (Å²) in [5.41, 5.74) is 1.33. The van der Waals surface area contributed by atoms with Gasteiger partial charge in [0.1, 0.15) is 5.75 Å². The number of hydrogen-bond acceptors (Lipinski definition) is 6. The summed E-state index contributed by atoms with van der Waals surface area (Å²) in [5, 5.41) is 24.1. The van der Waals surface area contributed by atoms with Gasteiger partial charge in [0.05, 0.1) is 9.85 Å². The minimum atomic E-state index is -0.515. The average Bonchev–Trinajstić information content (AvgIpc) is 2.54. The second-order valence-corrected chi connectivity index (χ2v) is 5.30. The molecule has 0 fully saturated rings. The Morgan fingerprint density at radius 3 is 2.32 bits per heavy atom. The molecule has 9 heteroatoms. The lowest BCUT2D eigenvalue weighted by Gasteiger charge is -2.10. The largest absolute Gasteiger partial charge is 0.484 e. The Labute approximate surface area is 142 Å². The third-order valence-electron chi connectivity index (χ3n) is 3.43. The number of ether oxygens (including phenoxy) is 1. The monoisotopic (exact) mass is 345 g/mol. The van der Waals surface area contributed by atoms with E-state index in [1.807, 2.05) is 0 Å². The molecule has 0 aliphatic heterocycles. The number of carbonyl (C=O) groups excluding carboxylic acids is 1. The number of nitro groups is 2. The Morgan fingerprint density at radius 2 is 1.76 bits per heavy atom. The van der Waals surface area contributed by atoms with Crippen LogP contribution in [0, 0.1) is 34.1 Å². The molecule has 0 radical (unpaired) electrons. The van der Waals surface area contributed by atoms with Crippen molar-refractivity contribution in [1.29, 1.82) is 0 Å². The van der Waals surface area contributed by atoms with Crippen molar-refractivity contribution in [3.8, 4) is 5.75 Å². The number of rotatable bonds is 6. The van der Waals surface area contributed by atoms with Gasteiger partial charge in [-0.3, -0.25) is 25.0 Å². The number of carbonyl (C=O) groups is 1. The molecule has 0 atom stereocenters. The molecule has 0 saturated heterocycles. The smallest absolute Gasteiger partial charge is 0.272 e. The first kappa shape index (κ1) is 17.9. The first-order valence-corrected chi connectivity index (χ1v) is 7.20. The van der Waals surface area contributed by atoms with Crippen LogP contribution in [0.4, 0.5) is 17.1 Å². The first-order valence-electron chi connectivity index (χ1n) is 7.20. The molecule has 0 aliphatic carbocycles. The molecule has 0 spiro atoms. The topological polar surface area (TPSA) is 125 Å². The predicted octanol–water partition coefficient (Wildman–Crippen LogP) is 3.14. The van der Waals surface area contributed by atoms with Gasteiger partial charge in [0.2, 0.25) is 0 Å². The Hall–Kier alpha value is -3.49. The van der Waals surface area contributed by atoms with Crippen LogP contribution >= 0.6 is 0 Å². The molecule has 2 aromatic carbocycles. The molecule has 9 nitrogen and oxygen atoms in total. The number of aryl methyl sites for hydroxylation is 2. The van der Waals surface area contributed by atoms with Gasteiger partial charge in [0, 0.05) is 29.4 Å². The van der Waals surface area contributed by atoms with Gasteiger partial charge in [-0.25, -0.2) is 0 Å². The van der Waals surface area contributed by atoms with Crippen molar-refractivity contribution >= 4 is 23.0 Å². The van der Waals surface area contributed by atoms with Crippen LogP contribution in [0.2, 0.25) is 0 Å². The fraction of sp³-hybridized carbons (Fsp3) is 0.188. The molecule has 2 rings (SSSR count). The highest BCUT2D eigenvalue weighted by molar-refractivity contribution is 5.92. The zero-order chi connectivity index (χ0) is 18.6. The quantitative estimate of drug-likeness (QED) is 0.633. The summed E-state index contributed by atoms with van der Waals surface area (Å²) in [5.74, 6) is -0.119. The molecule has 2 aromatic rings. The standard InChI is InChI=1S/C16H15N3O6/c1-10-7-12(18(21)22)3-5-14(10)17-16(20)9-25-13-4-6-15(19(23)24)11(2)8-13/h3-8H,9H2,1-2H3,(H,17,20). The van der Waals surface area contributed by atoms with Crippen molar-refractivity contribution < 1.29 is 19.4 Å². The molecule has 0 heterocycles. The predicted molar refractivity (Wildman–Crippen MR) is 89.8 cm³/mol. The Morgan fingerprint density at radius 1 is 1.04 bits per heavy atom. The van der Waals surface area contributed by atoms with Gasteiger partial charge in [-0.05, 0) is 37.6 Å². The van der Waals surface area contributed by atoms with E-state index >= 15 is 0 Å². The molecular formula is C16H15N3O6. The highest BCUT2D eigenvalue weighted by Crippen LogP contribution is 2.23. The van der Waals surface area contributed by atoms with Crippen LogP contribution in [0.1, 0.15) is 11.1 Å². The number of benzene rings is 2. The fourth-order valence-electron chi connectivity index (χ4n) is 2.16. The molecule has 130 valence electrons. The number of non-ortho nitro benzene ring substituents is 1. The van der Waals surface area contributed by atoms with Crippen LogP contribution in [0.3, 0.4) is 0 Å². The zero-order valence-electron chi connectivity index (χ0n) is 13.5. The Kier molecular flexibility index (Phi) is 5.28. The van der Waals surface area contributed by atoms with Crippen LogP contribution in [0.25, 0.3) is 0 Å². The van der Waals surface area contributed by atoms with Crippen LogP contribution in [0.15, 0.2) is 36.4 Å². The molecule has 0 aromatic heterocycles. The maximum Gasteiger partial charge on any atom is 0.272 e. The number of anilines is 1. The van der Waals surface area contributed by atoms with E-state index in [1.54, 1.807) is 13.8 Å². The zero-order valence-corrected chi connectivity index (χ0v) is 13.5. The molecule has 1 amide bonds. The first-order chi connectivity index (χ1) is 11.8. The summed E-state index contributed by atoms with van der Waals surface area (Å²) in [6, 6.07) is 8.29. The fourth-order valence-corrected chi connectivity index (χ4v) is 2.16. The summed E-state index contributed by atoms with van der Waals surface area (Å²) < 4.78 is 5.31. The van der Waals surface area contributed by atoms with Gasteiger partial charge >= 0.3 is 0 Å². The van der Waals surface area contributed by atoms with Gasteiger partial charge in [0.15, 0.2) is 6.61 Å². The van der Waals surface area contributed by atoms with E-state index < -0.39 is 15.8 Å². The van der Waals surface area contributed by atoms with Gasteiger partial charge in [-0.15, -0.1) is 0 Å². The van der Waals surface area contributed by atoms with Gasteiger partial charge < -0.3 is 10.1 Å².